The van der Waals surface area contributed by atoms with Crippen molar-refractivity contribution in [3.63, 3.8) is 0 Å². The number of methoxy groups -OCH3 is 1. The number of nitrogens with two attached hydrogens (primary N) is 1. The standard InChI is InChI=1S/C12H17NO/c1-12(7-9(12)8-13)10-5-3-4-6-11(10)14-2/h3-6,9H,7-8,13H2,1-2H3/t9-,12?/m0/s1. The van der Waals surface area contributed by atoms with Gasteiger partial charge in [-0.15, -0.1) is 0 Å². The normalized spacial score (nSPS) is 30.1. The van der Waals surface area contributed by atoms with E-state index >= 15 is 0 Å². The second-order valence-electron chi connectivity index (χ2n) is 4.25. The predicted molar refractivity (Wildman–Crippen MR) is 57.5 cm³/mol. The molecule has 14 heavy (non-hydrogen) atoms. The van der Waals surface area contributed by atoms with Crippen LogP contribution < -0.4 is 10.5 Å². The van der Waals surface area contributed by atoms with Crippen LogP contribution in [0.1, 0.15) is 18.9 Å². The Morgan fingerprint density at radius 2 is 2.21 bits per heavy atom. The monoisotopic (exact) mass is 191 g/mol. The Bertz CT molecular complexity index is 337. The van der Waals surface area contributed by atoms with Crippen LogP contribution in [-0.2, 0) is 5.41 Å². The highest BCUT2D eigenvalue weighted by Crippen LogP contribution is 2.55. The van der Waals surface area contributed by atoms with Gasteiger partial charge in [0.15, 0.2) is 0 Å². The van der Waals surface area contributed by atoms with Gasteiger partial charge in [0.25, 0.3) is 0 Å². The lowest BCUT2D eigenvalue weighted by Gasteiger charge is -2.15. The summed E-state index contributed by atoms with van der Waals surface area (Å²) >= 11 is 0. The van der Waals surface area contributed by atoms with Gasteiger partial charge in [0.1, 0.15) is 5.75 Å². The highest BCUT2D eigenvalue weighted by atomic mass is 16.5. The number of ether oxygens (including phenoxy) is 1. The molecule has 1 fully saturated rings. The molecule has 2 rings (SSSR count). The minimum Gasteiger partial charge on any atom is -0.496 e. The van der Waals surface area contributed by atoms with Crippen molar-refractivity contribution in [2.75, 3.05) is 13.7 Å². The van der Waals surface area contributed by atoms with E-state index in [-0.39, 0.29) is 5.41 Å². The number of rotatable bonds is 3. The van der Waals surface area contributed by atoms with Crippen molar-refractivity contribution in [2.45, 2.75) is 18.8 Å². The minimum atomic E-state index is 0.251. The second-order valence-corrected chi connectivity index (χ2v) is 4.25. The van der Waals surface area contributed by atoms with Crippen LogP contribution >= 0.6 is 0 Å². The van der Waals surface area contributed by atoms with Gasteiger partial charge < -0.3 is 10.5 Å². The molecule has 0 radical (unpaired) electrons. The van der Waals surface area contributed by atoms with E-state index in [9.17, 15) is 0 Å². The third-order valence-electron chi connectivity index (χ3n) is 3.42. The first-order chi connectivity index (χ1) is 6.72. The van der Waals surface area contributed by atoms with Gasteiger partial charge in [-0.2, -0.15) is 0 Å². The van der Waals surface area contributed by atoms with Crippen LogP contribution in [0.3, 0.4) is 0 Å². The molecule has 2 heteroatoms. The molecular formula is C12H17NO. The summed E-state index contributed by atoms with van der Waals surface area (Å²) in [6, 6.07) is 8.24. The van der Waals surface area contributed by atoms with Gasteiger partial charge in [-0.05, 0) is 24.9 Å². The molecule has 0 aromatic heterocycles. The average molecular weight is 191 g/mol. The van der Waals surface area contributed by atoms with Gasteiger partial charge in [0, 0.05) is 11.0 Å². The number of benzene rings is 1. The summed E-state index contributed by atoms with van der Waals surface area (Å²) < 4.78 is 5.36. The molecule has 1 aliphatic rings. The summed E-state index contributed by atoms with van der Waals surface area (Å²) in [7, 11) is 1.72. The molecule has 0 saturated heterocycles. The third-order valence-corrected chi connectivity index (χ3v) is 3.42. The molecule has 76 valence electrons. The molecule has 0 amide bonds. The maximum atomic E-state index is 5.70. The van der Waals surface area contributed by atoms with E-state index in [0.29, 0.717) is 5.92 Å². The van der Waals surface area contributed by atoms with Gasteiger partial charge in [0.05, 0.1) is 7.11 Å². The molecule has 0 bridgehead atoms. The molecule has 1 aliphatic carbocycles. The van der Waals surface area contributed by atoms with Gasteiger partial charge >= 0.3 is 0 Å². The smallest absolute Gasteiger partial charge is 0.122 e. The first-order valence-corrected chi connectivity index (χ1v) is 5.06. The van der Waals surface area contributed by atoms with Crippen molar-refractivity contribution >= 4 is 0 Å². The topological polar surface area (TPSA) is 35.2 Å². The average Bonchev–Trinajstić information content (AvgIpc) is 2.91. The van der Waals surface area contributed by atoms with Crippen LogP contribution in [0.15, 0.2) is 24.3 Å². The summed E-state index contributed by atoms with van der Waals surface area (Å²) in [5.41, 5.74) is 7.25. The summed E-state index contributed by atoms with van der Waals surface area (Å²) in [6.45, 7) is 3.04. The largest absolute Gasteiger partial charge is 0.496 e. The summed E-state index contributed by atoms with van der Waals surface area (Å²) in [4.78, 5) is 0. The van der Waals surface area contributed by atoms with E-state index < -0.39 is 0 Å². The van der Waals surface area contributed by atoms with Crippen LogP contribution in [0.4, 0.5) is 0 Å². The lowest BCUT2D eigenvalue weighted by molar-refractivity contribution is 0.403. The summed E-state index contributed by atoms with van der Waals surface area (Å²) in [6.07, 6.45) is 1.18. The molecule has 2 N–H and O–H groups in total. The zero-order valence-corrected chi connectivity index (χ0v) is 8.79. The lowest BCUT2D eigenvalue weighted by atomic mass is 9.94. The van der Waals surface area contributed by atoms with Crippen molar-refractivity contribution < 1.29 is 4.74 Å². The Labute approximate surface area is 85.1 Å². The second kappa shape index (κ2) is 3.28. The molecule has 2 nitrogen and oxygen atoms in total. The highest BCUT2D eigenvalue weighted by molar-refractivity contribution is 5.43. The van der Waals surface area contributed by atoms with Crippen LogP contribution in [0.5, 0.6) is 5.75 Å². The zero-order valence-electron chi connectivity index (χ0n) is 8.79. The van der Waals surface area contributed by atoms with Crippen LogP contribution in [0, 0.1) is 5.92 Å². The molecule has 1 saturated carbocycles. The first kappa shape index (κ1) is 9.53. The van der Waals surface area contributed by atoms with Gasteiger partial charge in [-0.25, -0.2) is 0 Å². The van der Waals surface area contributed by atoms with Crippen molar-refractivity contribution in [1.29, 1.82) is 0 Å². The first-order valence-electron chi connectivity index (χ1n) is 5.06. The van der Waals surface area contributed by atoms with Crippen LogP contribution in [0.2, 0.25) is 0 Å². The fourth-order valence-electron chi connectivity index (χ4n) is 2.24. The van der Waals surface area contributed by atoms with Crippen molar-refractivity contribution in [1.82, 2.24) is 0 Å². The molecule has 0 spiro atoms. The molecule has 0 heterocycles. The number of hydrogen-bond acceptors (Lipinski definition) is 2. The SMILES string of the molecule is COc1ccccc1C1(C)C[C@H]1CN. The van der Waals surface area contributed by atoms with Crippen molar-refractivity contribution in [3.8, 4) is 5.75 Å². The van der Waals surface area contributed by atoms with Crippen molar-refractivity contribution in [2.24, 2.45) is 11.7 Å². The Balaban J connectivity index is 2.33. The maximum absolute atomic E-state index is 5.70. The molecule has 1 aromatic carbocycles. The Hall–Kier alpha value is -1.02. The summed E-state index contributed by atoms with van der Waals surface area (Å²) in [5, 5.41) is 0. The van der Waals surface area contributed by atoms with E-state index in [1.54, 1.807) is 7.11 Å². The molecule has 1 aromatic rings. The quantitative estimate of drug-likeness (QED) is 0.792. The van der Waals surface area contributed by atoms with Gasteiger partial charge in [0.2, 0.25) is 0 Å². The number of para-hydroxylation sites is 1. The third kappa shape index (κ3) is 1.30. The summed E-state index contributed by atoms with van der Waals surface area (Å²) in [5.74, 6) is 1.62. The molecule has 1 unspecified atom stereocenters. The van der Waals surface area contributed by atoms with Crippen molar-refractivity contribution in [3.05, 3.63) is 29.8 Å². The van der Waals surface area contributed by atoms with Gasteiger partial charge in [-0.3, -0.25) is 0 Å². The molecule has 0 aliphatic heterocycles. The predicted octanol–water partition coefficient (Wildman–Crippen LogP) is 1.93. The van der Waals surface area contributed by atoms with Crippen LogP contribution in [0.25, 0.3) is 0 Å². The minimum absolute atomic E-state index is 0.251. The Kier molecular flexibility index (Phi) is 2.23. The fraction of sp³-hybridized carbons (Fsp3) is 0.500. The van der Waals surface area contributed by atoms with Crippen LogP contribution in [-0.4, -0.2) is 13.7 Å². The van der Waals surface area contributed by atoms with Gasteiger partial charge in [-0.1, -0.05) is 25.1 Å². The highest BCUT2D eigenvalue weighted by Gasteiger charge is 2.51. The van der Waals surface area contributed by atoms with E-state index in [2.05, 4.69) is 19.1 Å². The fourth-order valence-corrected chi connectivity index (χ4v) is 2.24. The molecular weight excluding hydrogens is 174 g/mol. The van der Waals surface area contributed by atoms with E-state index in [1.165, 1.54) is 12.0 Å². The number of hydrogen-bond donors (Lipinski definition) is 1. The van der Waals surface area contributed by atoms with E-state index in [4.69, 9.17) is 10.5 Å². The Morgan fingerprint density at radius 1 is 1.50 bits per heavy atom. The van der Waals surface area contributed by atoms with E-state index in [0.717, 1.165) is 12.3 Å². The Morgan fingerprint density at radius 3 is 2.79 bits per heavy atom. The molecule has 2 atom stereocenters. The maximum Gasteiger partial charge on any atom is 0.122 e. The lowest BCUT2D eigenvalue weighted by Crippen LogP contribution is -2.12. The van der Waals surface area contributed by atoms with E-state index in [1.807, 2.05) is 12.1 Å². The zero-order chi connectivity index (χ0) is 10.2.